The van der Waals surface area contributed by atoms with Crippen LogP contribution < -0.4 is 5.32 Å². The van der Waals surface area contributed by atoms with Crippen LogP contribution in [0.4, 0.5) is 5.69 Å². The number of aliphatic carboxylic acids is 1. The van der Waals surface area contributed by atoms with E-state index in [0.29, 0.717) is 6.42 Å². The number of rotatable bonds is 6. The molecule has 130 valence electrons. The highest BCUT2D eigenvalue weighted by Crippen LogP contribution is 2.27. The van der Waals surface area contributed by atoms with Gasteiger partial charge in [0.2, 0.25) is 15.9 Å². The van der Waals surface area contributed by atoms with E-state index in [1.807, 2.05) is 0 Å². The van der Waals surface area contributed by atoms with Gasteiger partial charge in [-0.3, -0.25) is 19.7 Å². The predicted molar refractivity (Wildman–Crippen MR) is 80.7 cm³/mol. The van der Waals surface area contributed by atoms with E-state index in [2.05, 4.69) is 5.32 Å². The van der Waals surface area contributed by atoms with Crippen LogP contribution in [0, 0.1) is 10.1 Å². The normalized spacial score (nSPS) is 18.2. The fraction of sp³-hybridized carbons (Fsp3) is 0.385. The molecule has 2 rings (SSSR count). The number of hydrogen-bond acceptors (Lipinski definition) is 6. The molecule has 0 bridgehead atoms. The lowest BCUT2D eigenvalue weighted by atomic mass is 10.2. The van der Waals surface area contributed by atoms with Gasteiger partial charge in [-0.2, -0.15) is 4.31 Å². The van der Waals surface area contributed by atoms with Gasteiger partial charge >= 0.3 is 5.97 Å². The van der Waals surface area contributed by atoms with Crippen LogP contribution in [0.3, 0.4) is 0 Å². The Balaban J connectivity index is 2.27. The quantitative estimate of drug-likeness (QED) is 0.536. The second-order valence-electron chi connectivity index (χ2n) is 5.14. The fourth-order valence-electron chi connectivity index (χ4n) is 2.46. The summed E-state index contributed by atoms with van der Waals surface area (Å²) in [5, 5.41) is 21.5. The largest absolute Gasteiger partial charge is 0.480 e. The van der Waals surface area contributed by atoms with Crippen molar-refractivity contribution in [1.29, 1.82) is 0 Å². The molecule has 2 N–H and O–H groups in total. The minimum Gasteiger partial charge on any atom is -0.480 e. The Morgan fingerprint density at radius 1 is 1.42 bits per heavy atom. The average molecular weight is 357 g/mol. The van der Waals surface area contributed by atoms with E-state index >= 15 is 0 Å². The SMILES string of the molecule is O=C(O)CNC(=O)C1CCCN1S(=O)(=O)c1cccc([N+](=O)[O-])c1. The molecular weight excluding hydrogens is 342 g/mol. The summed E-state index contributed by atoms with van der Waals surface area (Å²) >= 11 is 0. The van der Waals surface area contributed by atoms with E-state index in [1.54, 1.807) is 0 Å². The molecule has 24 heavy (non-hydrogen) atoms. The molecule has 1 aromatic carbocycles. The molecule has 0 saturated carbocycles. The molecule has 1 aromatic rings. The van der Waals surface area contributed by atoms with E-state index in [9.17, 15) is 28.1 Å². The minimum absolute atomic E-state index is 0.0795. The summed E-state index contributed by atoms with van der Waals surface area (Å²) in [5.41, 5.74) is -0.373. The average Bonchev–Trinajstić information content (AvgIpc) is 3.03. The maximum Gasteiger partial charge on any atom is 0.322 e. The van der Waals surface area contributed by atoms with E-state index < -0.39 is 39.4 Å². The molecule has 1 saturated heterocycles. The lowest BCUT2D eigenvalue weighted by Crippen LogP contribution is -2.46. The van der Waals surface area contributed by atoms with Gasteiger partial charge in [-0.1, -0.05) is 6.07 Å². The summed E-state index contributed by atoms with van der Waals surface area (Å²) in [4.78, 5) is 32.3. The zero-order chi connectivity index (χ0) is 17.9. The summed E-state index contributed by atoms with van der Waals surface area (Å²) in [6, 6.07) is 3.53. The first kappa shape index (κ1) is 17.8. The first-order chi connectivity index (χ1) is 11.2. The van der Waals surface area contributed by atoms with Gasteiger partial charge in [0.1, 0.15) is 12.6 Å². The van der Waals surface area contributed by atoms with Crippen LogP contribution in [0.2, 0.25) is 0 Å². The summed E-state index contributed by atoms with van der Waals surface area (Å²) in [5.74, 6) is -1.95. The number of carbonyl (C=O) groups is 2. The lowest BCUT2D eigenvalue weighted by molar-refractivity contribution is -0.385. The molecule has 1 unspecified atom stereocenters. The number of carbonyl (C=O) groups excluding carboxylic acids is 1. The van der Waals surface area contributed by atoms with Crippen molar-refractivity contribution in [1.82, 2.24) is 9.62 Å². The van der Waals surface area contributed by atoms with Crippen LogP contribution in [-0.4, -0.2) is 53.8 Å². The van der Waals surface area contributed by atoms with Crippen molar-refractivity contribution in [2.75, 3.05) is 13.1 Å². The summed E-state index contributed by atoms with van der Waals surface area (Å²) in [7, 11) is -4.11. The van der Waals surface area contributed by atoms with Crippen LogP contribution in [-0.2, 0) is 19.6 Å². The van der Waals surface area contributed by atoms with Crippen LogP contribution in [0.25, 0.3) is 0 Å². The number of nitro benzene ring substituents is 1. The Morgan fingerprint density at radius 3 is 2.75 bits per heavy atom. The molecule has 0 aliphatic carbocycles. The number of hydrogen-bond donors (Lipinski definition) is 2. The monoisotopic (exact) mass is 357 g/mol. The first-order valence-electron chi connectivity index (χ1n) is 6.99. The number of sulfonamides is 1. The lowest BCUT2D eigenvalue weighted by Gasteiger charge is -2.23. The molecule has 10 nitrogen and oxygen atoms in total. The van der Waals surface area contributed by atoms with Crippen molar-refractivity contribution < 1.29 is 28.0 Å². The second-order valence-corrected chi connectivity index (χ2v) is 7.03. The van der Waals surface area contributed by atoms with E-state index in [4.69, 9.17) is 5.11 Å². The zero-order valence-electron chi connectivity index (χ0n) is 12.4. The third-order valence-corrected chi connectivity index (χ3v) is 5.46. The molecule has 1 heterocycles. The van der Waals surface area contributed by atoms with E-state index in [1.165, 1.54) is 18.2 Å². The third-order valence-electron chi connectivity index (χ3n) is 3.56. The van der Waals surface area contributed by atoms with Crippen molar-refractivity contribution in [2.45, 2.75) is 23.8 Å². The maximum atomic E-state index is 12.7. The predicted octanol–water partition coefficient (Wildman–Crippen LogP) is -0.0513. The molecular formula is C13H15N3O7S. The standard InChI is InChI=1S/C13H15N3O7S/c17-12(18)8-14-13(19)11-5-2-6-15(11)24(22,23)10-4-1-3-9(7-10)16(20)21/h1,3-4,7,11H,2,5-6,8H2,(H,14,19)(H,17,18). The van der Waals surface area contributed by atoms with Gasteiger partial charge in [-0.25, -0.2) is 8.42 Å². The van der Waals surface area contributed by atoms with Gasteiger partial charge in [-0.15, -0.1) is 0 Å². The number of benzene rings is 1. The summed E-state index contributed by atoms with van der Waals surface area (Å²) in [6.07, 6.45) is 0.679. The molecule has 0 spiro atoms. The highest BCUT2D eigenvalue weighted by atomic mass is 32.2. The molecule has 0 aromatic heterocycles. The van der Waals surface area contributed by atoms with E-state index in [-0.39, 0.29) is 23.5 Å². The van der Waals surface area contributed by atoms with Gasteiger partial charge in [0.25, 0.3) is 5.69 Å². The Labute approximate surface area is 137 Å². The smallest absolute Gasteiger partial charge is 0.322 e. The number of nitrogens with one attached hydrogen (secondary N) is 1. The number of carboxylic acid groups (broad SMARTS) is 1. The third kappa shape index (κ3) is 3.68. The Bertz CT molecular complexity index is 778. The van der Waals surface area contributed by atoms with Crippen LogP contribution >= 0.6 is 0 Å². The Hall–Kier alpha value is -2.53. The minimum atomic E-state index is -4.11. The number of non-ortho nitro benzene ring substituents is 1. The van der Waals surface area contributed by atoms with Crippen LogP contribution in [0.1, 0.15) is 12.8 Å². The highest BCUT2D eigenvalue weighted by Gasteiger charge is 2.39. The highest BCUT2D eigenvalue weighted by molar-refractivity contribution is 7.89. The molecule has 1 aliphatic rings. The number of nitro groups is 1. The number of amides is 1. The van der Waals surface area contributed by atoms with Gasteiger partial charge in [-0.05, 0) is 18.9 Å². The van der Waals surface area contributed by atoms with Gasteiger partial charge in [0.15, 0.2) is 0 Å². The molecule has 1 atom stereocenters. The second kappa shape index (κ2) is 6.93. The molecule has 1 aliphatic heterocycles. The number of nitrogens with zero attached hydrogens (tertiary/aromatic N) is 2. The van der Waals surface area contributed by atoms with Crippen molar-refractivity contribution in [3.63, 3.8) is 0 Å². The van der Waals surface area contributed by atoms with Crippen molar-refractivity contribution in [3.05, 3.63) is 34.4 Å². The van der Waals surface area contributed by atoms with Gasteiger partial charge < -0.3 is 10.4 Å². The van der Waals surface area contributed by atoms with Gasteiger partial charge in [0, 0.05) is 18.7 Å². The van der Waals surface area contributed by atoms with Crippen molar-refractivity contribution >= 4 is 27.6 Å². The van der Waals surface area contributed by atoms with Crippen molar-refractivity contribution in [3.8, 4) is 0 Å². The molecule has 11 heteroatoms. The molecule has 0 radical (unpaired) electrons. The molecule has 1 amide bonds. The number of carboxylic acids is 1. The van der Waals surface area contributed by atoms with E-state index in [0.717, 1.165) is 10.4 Å². The first-order valence-corrected chi connectivity index (χ1v) is 8.43. The summed E-state index contributed by atoms with van der Waals surface area (Å²) in [6.45, 7) is -0.532. The summed E-state index contributed by atoms with van der Waals surface area (Å²) < 4.78 is 26.3. The van der Waals surface area contributed by atoms with Gasteiger partial charge in [0.05, 0.1) is 9.82 Å². The van der Waals surface area contributed by atoms with Crippen molar-refractivity contribution in [2.24, 2.45) is 0 Å². The molecule has 1 fully saturated rings. The zero-order valence-corrected chi connectivity index (χ0v) is 13.2. The maximum absolute atomic E-state index is 12.7. The Morgan fingerprint density at radius 2 is 2.12 bits per heavy atom. The topological polar surface area (TPSA) is 147 Å². The van der Waals surface area contributed by atoms with Crippen LogP contribution in [0.15, 0.2) is 29.2 Å². The fourth-order valence-corrected chi connectivity index (χ4v) is 4.16. The Kier molecular flexibility index (Phi) is 5.14. The van der Waals surface area contributed by atoms with Crippen LogP contribution in [0.5, 0.6) is 0 Å².